The fraction of sp³-hybridized carbons (Fsp3) is 0.227. The molecule has 0 aliphatic rings. The maximum Gasteiger partial charge on any atom is 0.243 e. The van der Waals surface area contributed by atoms with Gasteiger partial charge >= 0.3 is 0 Å². The summed E-state index contributed by atoms with van der Waals surface area (Å²) < 4.78 is 34.0. The number of hydrogen-bond acceptors (Lipinski definition) is 4. The summed E-state index contributed by atoms with van der Waals surface area (Å²) in [6, 6.07) is 15.5. The molecule has 3 rings (SSSR count). The molecular weight excluding hydrogens is 468 g/mol. The van der Waals surface area contributed by atoms with Crippen LogP contribution in [-0.2, 0) is 21.4 Å². The molecule has 0 unspecified atom stereocenters. The summed E-state index contributed by atoms with van der Waals surface area (Å²) in [7, 11) is -2.26. The van der Waals surface area contributed by atoms with Gasteiger partial charge in [0.05, 0.1) is 24.2 Å². The lowest BCUT2D eigenvalue weighted by Gasteiger charge is -2.25. The first-order valence-corrected chi connectivity index (χ1v) is 11.5. The van der Waals surface area contributed by atoms with Crippen molar-refractivity contribution in [1.29, 1.82) is 0 Å². The summed E-state index contributed by atoms with van der Waals surface area (Å²) in [6.45, 7) is 3.43. The van der Waals surface area contributed by atoms with Crippen molar-refractivity contribution in [3.05, 3.63) is 82.2 Å². The SMILES string of the molecule is Cc1ccc(S(=O)(=O)N(CC(=O)N(C)c2ccc(Br)cc2C)Cc2ccco2)cc1. The van der Waals surface area contributed by atoms with E-state index in [0.717, 1.165) is 19.9 Å². The van der Waals surface area contributed by atoms with Crippen molar-refractivity contribution in [2.24, 2.45) is 0 Å². The van der Waals surface area contributed by atoms with E-state index in [-0.39, 0.29) is 23.9 Å². The van der Waals surface area contributed by atoms with Gasteiger partial charge in [-0.05, 0) is 61.9 Å². The second kappa shape index (κ2) is 9.16. The van der Waals surface area contributed by atoms with Crippen LogP contribution in [0.5, 0.6) is 0 Å². The molecule has 2 aromatic carbocycles. The van der Waals surface area contributed by atoms with Gasteiger partial charge in [0.1, 0.15) is 5.76 Å². The van der Waals surface area contributed by atoms with Crippen molar-refractivity contribution < 1.29 is 17.6 Å². The predicted molar refractivity (Wildman–Crippen MR) is 120 cm³/mol. The van der Waals surface area contributed by atoms with Gasteiger partial charge in [0, 0.05) is 17.2 Å². The van der Waals surface area contributed by atoms with Gasteiger partial charge in [-0.25, -0.2) is 8.42 Å². The Kier molecular flexibility index (Phi) is 6.80. The fourth-order valence-electron chi connectivity index (χ4n) is 3.05. The number of aryl methyl sites for hydroxylation is 2. The van der Waals surface area contributed by atoms with Gasteiger partial charge < -0.3 is 9.32 Å². The number of sulfonamides is 1. The summed E-state index contributed by atoms with van der Waals surface area (Å²) in [5, 5.41) is 0. The number of anilines is 1. The van der Waals surface area contributed by atoms with Gasteiger partial charge in [0.25, 0.3) is 0 Å². The minimum atomic E-state index is -3.90. The van der Waals surface area contributed by atoms with E-state index < -0.39 is 10.0 Å². The fourth-order valence-corrected chi connectivity index (χ4v) is 4.88. The van der Waals surface area contributed by atoms with Gasteiger partial charge in [-0.15, -0.1) is 0 Å². The third-order valence-electron chi connectivity index (χ3n) is 4.78. The largest absolute Gasteiger partial charge is 0.468 e. The van der Waals surface area contributed by atoms with E-state index in [1.54, 1.807) is 43.4 Å². The first-order chi connectivity index (χ1) is 14.2. The molecule has 8 heteroatoms. The van der Waals surface area contributed by atoms with Crippen LogP contribution < -0.4 is 4.90 Å². The van der Waals surface area contributed by atoms with Crippen molar-refractivity contribution in [3.8, 4) is 0 Å². The Balaban J connectivity index is 1.90. The normalized spacial score (nSPS) is 11.6. The highest BCUT2D eigenvalue weighted by atomic mass is 79.9. The Morgan fingerprint density at radius 2 is 1.77 bits per heavy atom. The summed E-state index contributed by atoms with van der Waals surface area (Å²) in [4.78, 5) is 14.6. The van der Waals surface area contributed by atoms with E-state index in [1.165, 1.54) is 11.2 Å². The minimum absolute atomic E-state index is 0.0396. The van der Waals surface area contributed by atoms with Crippen LogP contribution in [0.15, 0.2) is 74.6 Å². The van der Waals surface area contributed by atoms with Crippen LogP contribution in [0, 0.1) is 13.8 Å². The van der Waals surface area contributed by atoms with Gasteiger partial charge in [0.15, 0.2) is 0 Å². The Labute approximate surface area is 185 Å². The van der Waals surface area contributed by atoms with Crippen LogP contribution in [-0.4, -0.2) is 32.2 Å². The van der Waals surface area contributed by atoms with E-state index in [9.17, 15) is 13.2 Å². The van der Waals surface area contributed by atoms with Crippen molar-refractivity contribution in [3.63, 3.8) is 0 Å². The maximum absolute atomic E-state index is 13.3. The molecule has 0 atom stereocenters. The average molecular weight is 491 g/mol. The van der Waals surface area contributed by atoms with Gasteiger partial charge in [-0.3, -0.25) is 4.79 Å². The van der Waals surface area contributed by atoms with E-state index in [2.05, 4.69) is 15.9 Å². The summed E-state index contributed by atoms with van der Waals surface area (Å²) >= 11 is 3.41. The number of amides is 1. The van der Waals surface area contributed by atoms with Gasteiger partial charge in [-0.2, -0.15) is 4.31 Å². The highest BCUT2D eigenvalue weighted by molar-refractivity contribution is 9.10. The quantitative estimate of drug-likeness (QED) is 0.488. The Hall–Kier alpha value is -2.42. The Morgan fingerprint density at radius 1 is 1.07 bits per heavy atom. The second-order valence-corrected chi connectivity index (χ2v) is 9.90. The van der Waals surface area contributed by atoms with Crippen molar-refractivity contribution in [1.82, 2.24) is 4.31 Å². The molecule has 158 valence electrons. The molecule has 0 radical (unpaired) electrons. The summed E-state index contributed by atoms with van der Waals surface area (Å²) in [5.41, 5.74) is 2.57. The van der Waals surface area contributed by atoms with Crippen LogP contribution in [0.2, 0.25) is 0 Å². The zero-order valence-corrected chi connectivity index (χ0v) is 19.4. The molecule has 1 heterocycles. The highest BCUT2D eigenvalue weighted by Gasteiger charge is 2.29. The monoisotopic (exact) mass is 490 g/mol. The van der Waals surface area contributed by atoms with Gasteiger partial charge in [0.2, 0.25) is 15.9 Å². The van der Waals surface area contributed by atoms with Gasteiger partial charge in [-0.1, -0.05) is 33.6 Å². The topological polar surface area (TPSA) is 70.8 Å². The zero-order valence-electron chi connectivity index (χ0n) is 17.0. The second-order valence-electron chi connectivity index (χ2n) is 7.05. The molecule has 0 N–H and O–H groups in total. The Bertz CT molecular complexity index is 1130. The summed E-state index contributed by atoms with van der Waals surface area (Å²) in [6.07, 6.45) is 1.48. The maximum atomic E-state index is 13.3. The molecule has 6 nitrogen and oxygen atoms in total. The number of halogens is 1. The number of nitrogens with zero attached hydrogens (tertiary/aromatic N) is 2. The first kappa shape index (κ1) is 22.3. The van der Waals surface area contributed by atoms with E-state index in [4.69, 9.17) is 4.42 Å². The molecule has 1 amide bonds. The number of hydrogen-bond donors (Lipinski definition) is 0. The number of carbonyl (C=O) groups excluding carboxylic acids is 1. The summed E-state index contributed by atoms with van der Waals surface area (Å²) in [5.74, 6) is 0.114. The van der Waals surface area contributed by atoms with Crippen molar-refractivity contribution in [2.75, 3.05) is 18.5 Å². The van der Waals surface area contributed by atoms with E-state index in [1.807, 2.05) is 32.0 Å². The average Bonchev–Trinajstić information content (AvgIpc) is 3.20. The molecule has 0 saturated heterocycles. The third kappa shape index (κ3) is 5.00. The number of benzene rings is 2. The van der Waals surface area contributed by atoms with Crippen LogP contribution in [0.3, 0.4) is 0 Å². The molecule has 1 aromatic heterocycles. The van der Waals surface area contributed by atoms with Crippen LogP contribution in [0.1, 0.15) is 16.9 Å². The number of rotatable bonds is 7. The van der Waals surface area contributed by atoms with Crippen molar-refractivity contribution >= 4 is 37.5 Å². The zero-order chi connectivity index (χ0) is 21.9. The van der Waals surface area contributed by atoms with Crippen LogP contribution >= 0.6 is 15.9 Å². The molecule has 0 fully saturated rings. The Morgan fingerprint density at radius 3 is 2.37 bits per heavy atom. The van der Waals surface area contributed by atoms with Crippen LogP contribution in [0.25, 0.3) is 0 Å². The minimum Gasteiger partial charge on any atom is -0.468 e. The molecule has 0 spiro atoms. The van der Waals surface area contributed by atoms with E-state index in [0.29, 0.717) is 11.4 Å². The van der Waals surface area contributed by atoms with Crippen LogP contribution in [0.4, 0.5) is 5.69 Å². The molecule has 0 saturated carbocycles. The standard InChI is InChI=1S/C22H23BrN2O4S/c1-16-6-9-20(10-7-16)30(27,28)25(14-19-5-4-12-29-19)15-22(26)24(3)21-11-8-18(23)13-17(21)2/h4-13H,14-15H2,1-3H3. The molecule has 0 aliphatic heterocycles. The third-order valence-corrected chi connectivity index (χ3v) is 7.08. The lowest BCUT2D eigenvalue weighted by atomic mass is 10.2. The molecule has 30 heavy (non-hydrogen) atoms. The molecule has 0 aliphatic carbocycles. The van der Waals surface area contributed by atoms with Crippen molar-refractivity contribution in [2.45, 2.75) is 25.3 Å². The predicted octanol–water partition coefficient (Wildman–Crippen LogP) is 4.51. The highest BCUT2D eigenvalue weighted by Crippen LogP contribution is 2.24. The first-order valence-electron chi connectivity index (χ1n) is 9.30. The number of furan rings is 1. The molecular formula is C22H23BrN2O4S. The molecule has 3 aromatic rings. The lowest BCUT2D eigenvalue weighted by Crippen LogP contribution is -2.41. The number of likely N-dealkylation sites (N-methyl/N-ethyl adjacent to an activating group) is 1. The molecule has 0 bridgehead atoms. The van der Waals surface area contributed by atoms with E-state index >= 15 is 0 Å². The number of carbonyl (C=O) groups is 1. The smallest absolute Gasteiger partial charge is 0.243 e. The lowest BCUT2D eigenvalue weighted by molar-refractivity contribution is -0.118.